The van der Waals surface area contributed by atoms with Crippen LogP contribution >= 0.6 is 23.2 Å². The van der Waals surface area contributed by atoms with Crippen LogP contribution in [0.4, 0.5) is 0 Å². The number of hydrogen-bond acceptors (Lipinski definition) is 3. The third kappa shape index (κ3) is 2.14. The Balaban J connectivity index is 1.84. The third-order valence-electron chi connectivity index (χ3n) is 3.57. The maximum atomic E-state index is 12.2. The minimum absolute atomic E-state index is 0.0336. The normalized spacial score (nSPS) is 30.2. The summed E-state index contributed by atoms with van der Waals surface area (Å²) in [5.41, 5.74) is 0. The van der Waals surface area contributed by atoms with Crippen LogP contribution in [0.15, 0.2) is 23.1 Å². The van der Waals surface area contributed by atoms with Crippen molar-refractivity contribution in [2.45, 2.75) is 10.9 Å². The van der Waals surface area contributed by atoms with Gasteiger partial charge in [0.25, 0.3) is 0 Å². The van der Waals surface area contributed by atoms with Crippen molar-refractivity contribution in [2.75, 3.05) is 13.1 Å². The summed E-state index contributed by atoms with van der Waals surface area (Å²) in [5.74, 6) is 0.829. The van der Waals surface area contributed by atoms with Gasteiger partial charge in [0.15, 0.2) is 0 Å². The van der Waals surface area contributed by atoms with Gasteiger partial charge in [-0.1, -0.05) is 23.2 Å². The second-order valence-electron chi connectivity index (χ2n) is 4.71. The number of benzene rings is 1. The van der Waals surface area contributed by atoms with Crippen molar-refractivity contribution in [1.82, 2.24) is 10.0 Å². The van der Waals surface area contributed by atoms with E-state index in [9.17, 15) is 8.42 Å². The van der Waals surface area contributed by atoms with E-state index in [2.05, 4.69) is 10.0 Å². The van der Waals surface area contributed by atoms with Crippen molar-refractivity contribution in [1.29, 1.82) is 0 Å². The van der Waals surface area contributed by atoms with E-state index in [0.29, 0.717) is 16.9 Å². The lowest BCUT2D eigenvalue weighted by molar-refractivity contribution is 0.565. The lowest BCUT2D eigenvalue weighted by Crippen LogP contribution is -2.32. The van der Waals surface area contributed by atoms with E-state index < -0.39 is 10.0 Å². The molecule has 0 aromatic heterocycles. The second kappa shape index (κ2) is 4.35. The Kier molecular flexibility index (Phi) is 3.07. The van der Waals surface area contributed by atoms with Crippen molar-refractivity contribution < 1.29 is 8.42 Å². The Labute approximate surface area is 116 Å². The fraction of sp³-hybridized carbons (Fsp3) is 0.455. The summed E-state index contributed by atoms with van der Waals surface area (Å²) in [6.45, 7) is 1.75. The predicted octanol–water partition coefficient (Wildman–Crippen LogP) is 1.49. The summed E-state index contributed by atoms with van der Waals surface area (Å²) in [6.07, 6.45) is 0. The van der Waals surface area contributed by atoms with Gasteiger partial charge in [0.2, 0.25) is 10.0 Å². The monoisotopic (exact) mass is 306 g/mol. The number of hydrogen-bond donors (Lipinski definition) is 2. The molecular weight excluding hydrogens is 295 g/mol. The third-order valence-corrected chi connectivity index (χ3v) is 5.74. The average molecular weight is 307 g/mol. The first-order valence-electron chi connectivity index (χ1n) is 5.67. The van der Waals surface area contributed by atoms with Gasteiger partial charge in [-0.3, -0.25) is 0 Å². The highest BCUT2D eigenvalue weighted by Crippen LogP contribution is 2.42. The van der Waals surface area contributed by atoms with Crippen LogP contribution in [0.25, 0.3) is 0 Å². The van der Waals surface area contributed by atoms with E-state index in [1.165, 1.54) is 12.1 Å². The molecule has 2 aliphatic rings. The second-order valence-corrected chi connectivity index (χ2v) is 7.23. The zero-order valence-corrected chi connectivity index (χ0v) is 11.7. The molecule has 18 heavy (non-hydrogen) atoms. The largest absolute Gasteiger partial charge is 0.316 e. The van der Waals surface area contributed by atoms with Crippen molar-refractivity contribution in [3.8, 4) is 0 Å². The zero-order chi connectivity index (χ0) is 12.9. The van der Waals surface area contributed by atoms with Crippen LogP contribution in [0.5, 0.6) is 0 Å². The van der Waals surface area contributed by atoms with Gasteiger partial charge >= 0.3 is 0 Å². The highest BCUT2D eigenvalue weighted by molar-refractivity contribution is 7.89. The summed E-state index contributed by atoms with van der Waals surface area (Å²) in [4.78, 5) is 0.0506. The Morgan fingerprint density at radius 2 is 1.89 bits per heavy atom. The fourth-order valence-electron chi connectivity index (χ4n) is 2.52. The van der Waals surface area contributed by atoms with Gasteiger partial charge in [0, 0.05) is 11.1 Å². The molecule has 2 unspecified atom stereocenters. The standard InChI is InChI=1S/C11H12Cl2N2O2S/c12-6-1-2-9(13)10(3-6)18(16,17)15-11-7-4-14-5-8(7)11/h1-3,7-8,11,14-15H,4-5H2. The van der Waals surface area contributed by atoms with Crippen LogP contribution in [0.3, 0.4) is 0 Å². The lowest BCUT2D eigenvalue weighted by Gasteiger charge is -2.10. The van der Waals surface area contributed by atoms with Crippen LogP contribution in [0.2, 0.25) is 10.0 Å². The smallest absolute Gasteiger partial charge is 0.242 e. The molecule has 1 aromatic carbocycles. The van der Waals surface area contributed by atoms with E-state index >= 15 is 0 Å². The van der Waals surface area contributed by atoms with Crippen molar-refractivity contribution in [3.63, 3.8) is 0 Å². The number of piperidine rings is 1. The molecule has 4 nitrogen and oxygen atoms in total. The van der Waals surface area contributed by atoms with Crippen molar-refractivity contribution >= 4 is 33.2 Å². The van der Waals surface area contributed by atoms with Crippen LogP contribution in [-0.2, 0) is 10.0 Å². The van der Waals surface area contributed by atoms with Gasteiger partial charge in [0.1, 0.15) is 4.90 Å². The molecular formula is C11H12Cl2N2O2S. The number of halogens is 2. The van der Waals surface area contributed by atoms with Crippen molar-refractivity contribution in [2.24, 2.45) is 11.8 Å². The van der Waals surface area contributed by atoms with E-state index in [0.717, 1.165) is 13.1 Å². The highest BCUT2D eigenvalue weighted by Gasteiger charge is 2.54. The quantitative estimate of drug-likeness (QED) is 0.889. The molecule has 98 valence electrons. The van der Waals surface area contributed by atoms with Gasteiger partial charge in [-0.2, -0.15) is 0 Å². The molecule has 0 spiro atoms. The summed E-state index contributed by atoms with van der Waals surface area (Å²) < 4.78 is 27.1. The molecule has 2 fully saturated rings. The summed E-state index contributed by atoms with van der Waals surface area (Å²) in [6, 6.07) is 4.47. The molecule has 3 rings (SSSR count). The lowest BCUT2D eigenvalue weighted by atomic mass is 10.4. The number of fused-ring (bicyclic) bond motifs is 1. The Morgan fingerprint density at radius 1 is 1.22 bits per heavy atom. The molecule has 1 aliphatic heterocycles. The predicted molar refractivity (Wildman–Crippen MR) is 70.4 cm³/mol. The number of sulfonamides is 1. The molecule has 2 N–H and O–H groups in total. The highest BCUT2D eigenvalue weighted by atomic mass is 35.5. The first-order valence-corrected chi connectivity index (χ1v) is 7.91. The summed E-state index contributed by atoms with van der Waals surface area (Å²) >= 11 is 11.7. The summed E-state index contributed by atoms with van der Waals surface area (Å²) in [7, 11) is -3.59. The van der Waals surface area contributed by atoms with Crippen LogP contribution in [0, 0.1) is 11.8 Å². The number of nitrogens with one attached hydrogen (secondary N) is 2. The minimum atomic E-state index is -3.59. The maximum Gasteiger partial charge on any atom is 0.242 e. The average Bonchev–Trinajstić information content (AvgIpc) is 2.77. The van der Waals surface area contributed by atoms with Gasteiger partial charge in [0.05, 0.1) is 5.02 Å². The van der Waals surface area contributed by atoms with E-state index in [1.807, 2.05) is 0 Å². The molecule has 1 saturated carbocycles. The minimum Gasteiger partial charge on any atom is -0.316 e. The first kappa shape index (κ1) is 12.7. The Bertz CT molecular complexity index is 581. The van der Waals surface area contributed by atoms with E-state index in [-0.39, 0.29) is 16.0 Å². The summed E-state index contributed by atoms with van der Waals surface area (Å²) in [5, 5.41) is 3.77. The van der Waals surface area contributed by atoms with Crippen molar-refractivity contribution in [3.05, 3.63) is 28.2 Å². The number of rotatable bonds is 3. The molecule has 7 heteroatoms. The SMILES string of the molecule is O=S(=O)(NC1C2CNCC21)c1cc(Cl)ccc1Cl. The van der Waals surface area contributed by atoms with Gasteiger partial charge in [-0.05, 0) is 43.1 Å². The maximum absolute atomic E-state index is 12.2. The molecule has 1 aliphatic carbocycles. The molecule has 0 amide bonds. The Morgan fingerprint density at radius 3 is 2.56 bits per heavy atom. The van der Waals surface area contributed by atoms with Gasteiger partial charge in [-0.25, -0.2) is 13.1 Å². The van der Waals surface area contributed by atoms with E-state index in [1.54, 1.807) is 6.07 Å². The van der Waals surface area contributed by atoms with Crippen LogP contribution in [-0.4, -0.2) is 27.5 Å². The zero-order valence-electron chi connectivity index (χ0n) is 9.36. The molecule has 1 saturated heterocycles. The molecule has 1 heterocycles. The first-order chi connectivity index (χ1) is 8.49. The molecule has 1 aromatic rings. The van der Waals surface area contributed by atoms with E-state index in [4.69, 9.17) is 23.2 Å². The topological polar surface area (TPSA) is 58.2 Å². The molecule has 0 bridgehead atoms. The Hall–Kier alpha value is -0.330. The fourth-order valence-corrected chi connectivity index (χ4v) is 4.62. The molecule has 2 atom stereocenters. The van der Waals surface area contributed by atoms with Gasteiger partial charge < -0.3 is 5.32 Å². The van der Waals surface area contributed by atoms with Crippen LogP contribution < -0.4 is 10.0 Å². The molecule has 0 radical (unpaired) electrons. The van der Waals surface area contributed by atoms with Crippen LogP contribution in [0.1, 0.15) is 0 Å². The van der Waals surface area contributed by atoms with Gasteiger partial charge in [-0.15, -0.1) is 0 Å².